The smallest absolute Gasteiger partial charge is 0.0667 e. The van der Waals surface area contributed by atoms with E-state index in [0.717, 1.165) is 19.0 Å². The van der Waals surface area contributed by atoms with E-state index in [4.69, 9.17) is 4.74 Å². The lowest BCUT2D eigenvalue weighted by molar-refractivity contribution is 0.117. The van der Waals surface area contributed by atoms with Crippen molar-refractivity contribution in [1.82, 2.24) is 10.6 Å². The van der Waals surface area contributed by atoms with E-state index in [-0.39, 0.29) is 0 Å². The molecule has 2 N–H and O–H groups in total. The normalized spacial score (nSPS) is 24.9. The standard InChI is InChI=1S/C10H22N2O/c1-9(13-2)7-11-5-3-10-4-6-12-8-10/h9-12H,3-8H2,1-2H3. The van der Waals surface area contributed by atoms with Gasteiger partial charge >= 0.3 is 0 Å². The number of hydrogen-bond donors (Lipinski definition) is 2. The quantitative estimate of drug-likeness (QED) is 0.596. The fourth-order valence-electron chi connectivity index (χ4n) is 1.66. The largest absolute Gasteiger partial charge is 0.380 e. The molecule has 2 atom stereocenters. The van der Waals surface area contributed by atoms with Crippen molar-refractivity contribution in [1.29, 1.82) is 0 Å². The van der Waals surface area contributed by atoms with Crippen molar-refractivity contribution >= 4 is 0 Å². The van der Waals surface area contributed by atoms with E-state index in [1.165, 1.54) is 25.9 Å². The first kappa shape index (κ1) is 11.0. The Labute approximate surface area is 81.2 Å². The highest BCUT2D eigenvalue weighted by Gasteiger charge is 2.13. The van der Waals surface area contributed by atoms with Gasteiger partial charge in [-0.15, -0.1) is 0 Å². The molecule has 3 nitrogen and oxygen atoms in total. The summed E-state index contributed by atoms with van der Waals surface area (Å²) in [6.07, 6.45) is 2.98. The SMILES string of the molecule is COC(C)CNCCC1CCNC1. The molecule has 1 heterocycles. The van der Waals surface area contributed by atoms with Gasteiger partial charge in [0.15, 0.2) is 0 Å². The average Bonchev–Trinajstić information content (AvgIpc) is 2.64. The summed E-state index contributed by atoms with van der Waals surface area (Å²) in [7, 11) is 1.76. The third-order valence-electron chi connectivity index (χ3n) is 2.73. The van der Waals surface area contributed by atoms with Crippen LogP contribution < -0.4 is 10.6 Å². The van der Waals surface area contributed by atoms with Crippen molar-refractivity contribution in [2.75, 3.05) is 33.3 Å². The Balaban J connectivity index is 1.88. The molecule has 3 heteroatoms. The van der Waals surface area contributed by atoms with Gasteiger partial charge in [-0.3, -0.25) is 0 Å². The van der Waals surface area contributed by atoms with Crippen LogP contribution in [0.5, 0.6) is 0 Å². The Hall–Kier alpha value is -0.120. The number of methoxy groups -OCH3 is 1. The van der Waals surface area contributed by atoms with Gasteiger partial charge in [0.25, 0.3) is 0 Å². The minimum Gasteiger partial charge on any atom is -0.380 e. The van der Waals surface area contributed by atoms with Crippen molar-refractivity contribution in [2.24, 2.45) is 5.92 Å². The number of nitrogens with one attached hydrogen (secondary N) is 2. The Morgan fingerprint density at radius 2 is 2.46 bits per heavy atom. The highest BCUT2D eigenvalue weighted by Crippen LogP contribution is 2.10. The number of hydrogen-bond acceptors (Lipinski definition) is 3. The highest BCUT2D eigenvalue weighted by molar-refractivity contribution is 4.71. The van der Waals surface area contributed by atoms with Gasteiger partial charge in [-0.1, -0.05) is 0 Å². The van der Waals surface area contributed by atoms with Crippen molar-refractivity contribution < 1.29 is 4.74 Å². The second kappa shape index (κ2) is 6.35. The van der Waals surface area contributed by atoms with Crippen LogP contribution in [0.2, 0.25) is 0 Å². The van der Waals surface area contributed by atoms with Crippen molar-refractivity contribution in [3.05, 3.63) is 0 Å². The van der Waals surface area contributed by atoms with Crippen LogP contribution >= 0.6 is 0 Å². The van der Waals surface area contributed by atoms with Gasteiger partial charge < -0.3 is 15.4 Å². The zero-order chi connectivity index (χ0) is 9.52. The molecule has 0 aromatic carbocycles. The lowest BCUT2D eigenvalue weighted by Crippen LogP contribution is -2.28. The predicted molar refractivity (Wildman–Crippen MR) is 54.9 cm³/mol. The molecule has 0 aromatic rings. The topological polar surface area (TPSA) is 33.3 Å². The third kappa shape index (κ3) is 4.60. The highest BCUT2D eigenvalue weighted by atomic mass is 16.5. The molecule has 0 aromatic heterocycles. The van der Waals surface area contributed by atoms with E-state index >= 15 is 0 Å². The van der Waals surface area contributed by atoms with E-state index in [1.807, 2.05) is 0 Å². The van der Waals surface area contributed by atoms with Gasteiger partial charge in [0, 0.05) is 13.7 Å². The van der Waals surface area contributed by atoms with Crippen molar-refractivity contribution in [3.63, 3.8) is 0 Å². The molecule has 1 saturated heterocycles. The molecule has 1 aliphatic rings. The lowest BCUT2D eigenvalue weighted by Gasteiger charge is -2.12. The van der Waals surface area contributed by atoms with E-state index in [9.17, 15) is 0 Å². The van der Waals surface area contributed by atoms with Crippen LogP contribution in [0.4, 0.5) is 0 Å². The molecule has 0 bridgehead atoms. The average molecular weight is 186 g/mol. The summed E-state index contributed by atoms with van der Waals surface area (Å²) in [5.41, 5.74) is 0. The molecular weight excluding hydrogens is 164 g/mol. The summed E-state index contributed by atoms with van der Waals surface area (Å²) >= 11 is 0. The minimum absolute atomic E-state index is 0.335. The molecule has 0 spiro atoms. The van der Waals surface area contributed by atoms with Gasteiger partial charge in [-0.2, -0.15) is 0 Å². The van der Waals surface area contributed by atoms with Gasteiger partial charge in [0.1, 0.15) is 0 Å². The lowest BCUT2D eigenvalue weighted by atomic mass is 10.1. The summed E-state index contributed by atoms with van der Waals surface area (Å²) in [4.78, 5) is 0. The Morgan fingerprint density at radius 3 is 3.08 bits per heavy atom. The van der Waals surface area contributed by atoms with Crippen molar-refractivity contribution in [2.45, 2.75) is 25.9 Å². The molecule has 1 fully saturated rings. The molecule has 1 rings (SSSR count). The predicted octanol–water partition coefficient (Wildman–Crippen LogP) is 0.610. The van der Waals surface area contributed by atoms with Crippen LogP contribution in [-0.4, -0.2) is 39.4 Å². The van der Waals surface area contributed by atoms with E-state index < -0.39 is 0 Å². The zero-order valence-electron chi connectivity index (χ0n) is 8.81. The molecule has 78 valence electrons. The molecule has 0 amide bonds. The van der Waals surface area contributed by atoms with Gasteiger partial charge in [-0.05, 0) is 45.3 Å². The van der Waals surface area contributed by atoms with E-state index in [2.05, 4.69) is 17.6 Å². The number of ether oxygens (including phenoxy) is 1. The van der Waals surface area contributed by atoms with Gasteiger partial charge in [0.05, 0.1) is 6.10 Å². The molecular formula is C10H22N2O. The fraction of sp³-hybridized carbons (Fsp3) is 1.00. The first-order valence-electron chi connectivity index (χ1n) is 5.27. The van der Waals surface area contributed by atoms with Crippen LogP contribution in [0.15, 0.2) is 0 Å². The Bertz CT molecular complexity index is 124. The Morgan fingerprint density at radius 1 is 1.62 bits per heavy atom. The van der Waals surface area contributed by atoms with E-state index in [0.29, 0.717) is 6.10 Å². The molecule has 13 heavy (non-hydrogen) atoms. The minimum atomic E-state index is 0.335. The number of rotatable bonds is 6. The molecule has 0 aliphatic carbocycles. The molecule has 1 aliphatic heterocycles. The van der Waals surface area contributed by atoms with Gasteiger partial charge in [0.2, 0.25) is 0 Å². The third-order valence-corrected chi connectivity index (χ3v) is 2.73. The first-order chi connectivity index (χ1) is 6.33. The summed E-state index contributed by atoms with van der Waals surface area (Å²) in [6, 6.07) is 0. The van der Waals surface area contributed by atoms with E-state index in [1.54, 1.807) is 7.11 Å². The molecule has 0 radical (unpaired) electrons. The van der Waals surface area contributed by atoms with Crippen LogP contribution in [-0.2, 0) is 4.74 Å². The van der Waals surface area contributed by atoms with Crippen molar-refractivity contribution in [3.8, 4) is 0 Å². The fourth-order valence-corrected chi connectivity index (χ4v) is 1.66. The maximum atomic E-state index is 5.15. The van der Waals surface area contributed by atoms with Crippen LogP contribution in [0, 0.1) is 5.92 Å². The molecule has 0 saturated carbocycles. The summed E-state index contributed by atoms with van der Waals surface area (Å²) in [5, 5.41) is 6.79. The maximum absolute atomic E-state index is 5.15. The zero-order valence-corrected chi connectivity index (χ0v) is 8.81. The van der Waals surface area contributed by atoms with Crippen LogP contribution in [0.3, 0.4) is 0 Å². The molecule has 2 unspecified atom stereocenters. The second-order valence-corrected chi connectivity index (χ2v) is 3.90. The maximum Gasteiger partial charge on any atom is 0.0667 e. The van der Waals surface area contributed by atoms with Crippen LogP contribution in [0.1, 0.15) is 19.8 Å². The van der Waals surface area contributed by atoms with Gasteiger partial charge in [-0.25, -0.2) is 0 Å². The van der Waals surface area contributed by atoms with Crippen LogP contribution in [0.25, 0.3) is 0 Å². The first-order valence-corrected chi connectivity index (χ1v) is 5.27. The summed E-state index contributed by atoms with van der Waals surface area (Å²) in [6.45, 7) is 6.60. The monoisotopic (exact) mass is 186 g/mol. The summed E-state index contributed by atoms with van der Waals surface area (Å²) in [5.74, 6) is 0.894. The Kier molecular flexibility index (Phi) is 5.35. The second-order valence-electron chi connectivity index (χ2n) is 3.90. The summed E-state index contributed by atoms with van der Waals surface area (Å²) < 4.78 is 5.15.